The average molecular weight is 481 g/mol. The second-order valence-electron chi connectivity index (χ2n) is 8.10. The molecule has 0 bridgehead atoms. The van der Waals surface area contributed by atoms with Gasteiger partial charge in [0.15, 0.2) is 5.69 Å². The van der Waals surface area contributed by atoms with Crippen LogP contribution in [0.25, 0.3) is 16.9 Å². The first-order valence-electron chi connectivity index (χ1n) is 10.5. The Bertz CT molecular complexity index is 1150. The van der Waals surface area contributed by atoms with Crippen LogP contribution in [0, 0.1) is 11.2 Å². The Morgan fingerprint density at radius 3 is 2.26 bits per heavy atom. The number of hydrogen-bond acceptors (Lipinski definition) is 4. The Morgan fingerprint density at radius 2 is 1.71 bits per heavy atom. The molecule has 7 nitrogen and oxygen atoms in total. The molecule has 1 aliphatic carbocycles. The van der Waals surface area contributed by atoms with Crippen LogP contribution >= 0.6 is 0 Å². The molecule has 3 N–H and O–H groups in total. The molecule has 1 fully saturated rings. The third-order valence-electron chi connectivity index (χ3n) is 5.73. The number of amides is 1. The number of imidazole rings is 1. The second kappa shape index (κ2) is 10.2. The number of rotatable bonds is 5. The van der Waals surface area contributed by atoms with Gasteiger partial charge in [-0.05, 0) is 49.2 Å². The zero-order chi connectivity index (χ0) is 24.9. The van der Waals surface area contributed by atoms with Gasteiger partial charge in [0.25, 0.3) is 5.91 Å². The maximum absolute atomic E-state index is 13.3. The fourth-order valence-electron chi connectivity index (χ4n) is 3.87. The van der Waals surface area contributed by atoms with Crippen molar-refractivity contribution in [3.63, 3.8) is 0 Å². The van der Waals surface area contributed by atoms with E-state index >= 15 is 0 Å². The number of aliphatic hydroxyl groups excluding tert-OH is 1. The van der Waals surface area contributed by atoms with Crippen molar-refractivity contribution in [1.29, 1.82) is 0 Å². The molecule has 0 aliphatic heterocycles. The number of hydrogen-bond donors (Lipinski definition) is 3. The minimum atomic E-state index is -5.08. The number of benzene rings is 1. The number of carboxylic acids is 1. The van der Waals surface area contributed by atoms with E-state index in [4.69, 9.17) is 9.90 Å². The van der Waals surface area contributed by atoms with Crippen LogP contribution in [0.2, 0.25) is 0 Å². The quantitative estimate of drug-likeness (QED) is 0.477. The van der Waals surface area contributed by atoms with Crippen molar-refractivity contribution in [3.05, 3.63) is 60.2 Å². The van der Waals surface area contributed by atoms with E-state index < -0.39 is 12.1 Å². The van der Waals surface area contributed by atoms with E-state index in [0.29, 0.717) is 23.6 Å². The van der Waals surface area contributed by atoms with Gasteiger partial charge in [0.05, 0.1) is 12.1 Å². The van der Waals surface area contributed by atoms with Gasteiger partial charge in [-0.3, -0.25) is 9.20 Å². The fourth-order valence-corrected chi connectivity index (χ4v) is 3.87. The summed E-state index contributed by atoms with van der Waals surface area (Å²) in [6.45, 7) is 0.526. The number of nitrogens with one attached hydrogen (secondary N) is 1. The summed E-state index contributed by atoms with van der Waals surface area (Å²) in [5.41, 5.74) is 1.55. The molecule has 0 saturated heterocycles. The van der Waals surface area contributed by atoms with Crippen molar-refractivity contribution in [2.45, 2.75) is 31.9 Å². The topological polar surface area (TPSA) is 104 Å². The smallest absolute Gasteiger partial charge is 0.475 e. The van der Waals surface area contributed by atoms with E-state index in [0.717, 1.165) is 31.2 Å². The molecule has 0 radical (unpaired) electrons. The normalized spacial score (nSPS) is 15.0. The molecule has 4 rings (SSSR count). The maximum atomic E-state index is 13.3. The van der Waals surface area contributed by atoms with Gasteiger partial charge in [-0.15, -0.1) is 0 Å². The third kappa shape index (κ3) is 5.71. The number of pyridine rings is 1. The van der Waals surface area contributed by atoms with Gasteiger partial charge >= 0.3 is 12.1 Å². The van der Waals surface area contributed by atoms with Crippen LogP contribution in [-0.2, 0) is 4.79 Å². The average Bonchev–Trinajstić information content (AvgIpc) is 3.44. The molecule has 1 saturated carbocycles. The van der Waals surface area contributed by atoms with Crippen molar-refractivity contribution in [2.24, 2.45) is 5.41 Å². The highest BCUT2D eigenvalue weighted by molar-refractivity contribution is 6.00. The minimum absolute atomic E-state index is 0.0814. The lowest BCUT2D eigenvalue weighted by atomic mass is 9.87. The van der Waals surface area contributed by atoms with Gasteiger partial charge in [-0.25, -0.2) is 14.2 Å². The number of aliphatic carboxylic acids is 1. The number of halogens is 4. The number of carbonyl (C=O) groups is 2. The lowest BCUT2D eigenvalue weighted by molar-refractivity contribution is -0.192. The molecule has 2 aromatic heterocycles. The molecule has 3 aromatic rings. The van der Waals surface area contributed by atoms with Gasteiger partial charge in [0.2, 0.25) is 0 Å². The summed E-state index contributed by atoms with van der Waals surface area (Å²) in [4.78, 5) is 26.3. The van der Waals surface area contributed by atoms with E-state index in [2.05, 4.69) is 10.3 Å². The first-order chi connectivity index (χ1) is 16.1. The highest BCUT2D eigenvalue weighted by atomic mass is 19.4. The van der Waals surface area contributed by atoms with Crippen LogP contribution in [0.15, 0.2) is 48.7 Å². The number of nitrogens with zero attached hydrogens (tertiary/aromatic N) is 2. The van der Waals surface area contributed by atoms with Crippen LogP contribution in [0.3, 0.4) is 0 Å². The number of aromatic nitrogens is 2. The third-order valence-corrected chi connectivity index (χ3v) is 5.73. The standard InChI is InChI=1S/C21H22FN3O2.C2HF3O2/c22-16-8-6-15(7-9-16)19-24-18(17-5-1-4-12-25(17)19)20(27)23-13-21(14-26)10-2-3-11-21;3-2(4,5)1(6)7/h1,4-9,12,26H,2-3,10-11,13-14H2,(H,23,27);(H,6,7). The lowest BCUT2D eigenvalue weighted by Crippen LogP contribution is -2.38. The molecule has 1 aliphatic rings. The Balaban J connectivity index is 0.000000406. The molecule has 0 spiro atoms. The van der Waals surface area contributed by atoms with Gasteiger partial charge in [0.1, 0.15) is 11.6 Å². The number of aliphatic hydroxyl groups is 1. The van der Waals surface area contributed by atoms with Gasteiger partial charge in [0, 0.05) is 23.7 Å². The summed E-state index contributed by atoms with van der Waals surface area (Å²) >= 11 is 0. The minimum Gasteiger partial charge on any atom is -0.475 e. The first kappa shape index (κ1) is 25.2. The predicted octanol–water partition coefficient (Wildman–Crippen LogP) is 4.06. The molecule has 11 heteroatoms. The largest absolute Gasteiger partial charge is 0.490 e. The molecular formula is C23H23F4N3O4. The zero-order valence-electron chi connectivity index (χ0n) is 18.0. The zero-order valence-corrected chi connectivity index (χ0v) is 18.0. The Kier molecular flexibility index (Phi) is 7.55. The van der Waals surface area contributed by atoms with E-state index in [9.17, 15) is 27.5 Å². The van der Waals surface area contributed by atoms with Crippen LogP contribution in [0.1, 0.15) is 36.2 Å². The van der Waals surface area contributed by atoms with E-state index in [1.54, 1.807) is 12.1 Å². The maximum Gasteiger partial charge on any atom is 0.490 e. The van der Waals surface area contributed by atoms with Crippen LogP contribution in [0.4, 0.5) is 17.6 Å². The number of carboxylic acid groups (broad SMARTS) is 1. The van der Waals surface area contributed by atoms with Crippen LogP contribution in [-0.4, -0.2) is 50.8 Å². The first-order valence-corrected chi connectivity index (χ1v) is 10.5. The van der Waals surface area contributed by atoms with Gasteiger partial charge in [-0.2, -0.15) is 13.2 Å². The van der Waals surface area contributed by atoms with Gasteiger partial charge in [-0.1, -0.05) is 18.9 Å². The molecule has 182 valence electrons. The fraction of sp³-hybridized carbons (Fsp3) is 0.348. The summed E-state index contributed by atoms with van der Waals surface area (Å²) < 4.78 is 46.8. The van der Waals surface area contributed by atoms with E-state index in [1.807, 2.05) is 28.8 Å². The van der Waals surface area contributed by atoms with Crippen molar-refractivity contribution in [1.82, 2.24) is 14.7 Å². The van der Waals surface area contributed by atoms with E-state index in [-0.39, 0.29) is 23.7 Å². The van der Waals surface area contributed by atoms with Crippen molar-refractivity contribution in [2.75, 3.05) is 13.2 Å². The van der Waals surface area contributed by atoms with E-state index in [1.165, 1.54) is 12.1 Å². The molecule has 1 amide bonds. The Labute approximate surface area is 192 Å². The Hall–Kier alpha value is -3.47. The SMILES string of the molecule is O=C(NCC1(CO)CCCC1)c1nc(-c2ccc(F)cc2)n2ccccc12.O=C(O)C(F)(F)F. The Morgan fingerprint density at radius 1 is 1.09 bits per heavy atom. The summed E-state index contributed by atoms with van der Waals surface area (Å²) in [6.07, 6.45) is 0.768. The van der Waals surface area contributed by atoms with Gasteiger partial charge < -0.3 is 15.5 Å². The molecule has 0 unspecified atom stereocenters. The summed E-state index contributed by atoms with van der Waals surface area (Å²) in [5.74, 6) is -2.74. The van der Waals surface area contributed by atoms with Crippen LogP contribution < -0.4 is 5.32 Å². The van der Waals surface area contributed by atoms with Crippen molar-refractivity contribution in [3.8, 4) is 11.4 Å². The summed E-state index contributed by atoms with van der Waals surface area (Å²) in [7, 11) is 0. The summed E-state index contributed by atoms with van der Waals surface area (Å²) in [5, 5.41) is 19.8. The highest BCUT2D eigenvalue weighted by Gasteiger charge is 2.38. The van der Waals surface area contributed by atoms with Crippen molar-refractivity contribution >= 4 is 17.4 Å². The summed E-state index contributed by atoms with van der Waals surface area (Å²) in [6, 6.07) is 11.6. The van der Waals surface area contributed by atoms with Crippen molar-refractivity contribution < 1.29 is 37.4 Å². The second-order valence-corrected chi connectivity index (χ2v) is 8.10. The molecule has 0 atom stereocenters. The number of fused-ring (bicyclic) bond motifs is 1. The molecule has 34 heavy (non-hydrogen) atoms. The lowest BCUT2D eigenvalue weighted by Gasteiger charge is -2.26. The number of alkyl halides is 3. The van der Waals surface area contributed by atoms with Crippen LogP contribution in [0.5, 0.6) is 0 Å². The monoisotopic (exact) mass is 481 g/mol. The predicted molar refractivity (Wildman–Crippen MR) is 115 cm³/mol. The number of carbonyl (C=O) groups excluding carboxylic acids is 1. The highest BCUT2D eigenvalue weighted by Crippen LogP contribution is 2.37. The molecule has 1 aromatic carbocycles. The molecular weight excluding hydrogens is 458 g/mol. The molecule has 2 heterocycles.